The van der Waals surface area contributed by atoms with Gasteiger partial charge in [-0.15, -0.1) is 0 Å². The van der Waals surface area contributed by atoms with Gasteiger partial charge in [0, 0.05) is 19.4 Å². The van der Waals surface area contributed by atoms with Crippen molar-refractivity contribution in [2.24, 2.45) is 4.99 Å². The van der Waals surface area contributed by atoms with Gasteiger partial charge in [0.15, 0.2) is 0 Å². The second-order valence-electron chi connectivity index (χ2n) is 2.54. The minimum absolute atomic E-state index is 0.468. The molecule has 3 nitrogen and oxygen atoms in total. The zero-order valence-corrected chi connectivity index (χ0v) is 8.92. The van der Waals surface area contributed by atoms with Crippen LogP contribution < -0.4 is 5.32 Å². The molecule has 0 radical (unpaired) electrons. The van der Waals surface area contributed by atoms with Gasteiger partial charge in [-0.1, -0.05) is 19.2 Å². The number of nitrogens with zero attached hydrogens (tertiary/aromatic N) is 1. The molecule has 0 aromatic carbocycles. The molecule has 0 bridgehead atoms. The predicted molar refractivity (Wildman–Crippen MR) is 61.5 cm³/mol. The van der Waals surface area contributed by atoms with Crippen LogP contribution in [0.1, 0.15) is 6.92 Å². The first-order chi connectivity index (χ1) is 6.78. The van der Waals surface area contributed by atoms with Crippen molar-refractivity contribution in [3.05, 3.63) is 37.1 Å². The van der Waals surface area contributed by atoms with Gasteiger partial charge in [-0.05, 0) is 19.1 Å². The molecule has 14 heavy (non-hydrogen) atoms. The van der Waals surface area contributed by atoms with Gasteiger partial charge in [0.1, 0.15) is 12.4 Å². The SMILES string of the molecule is C=C/C=C(\C=C)NC(COC)=NCC. The molecule has 0 aliphatic heterocycles. The van der Waals surface area contributed by atoms with E-state index in [1.54, 1.807) is 19.3 Å². The molecule has 0 spiro atoms. The van der Waals surface area contributed by atoms with E-state index in [4.69, 9.17) is 4.74 Å². The van der Waals surface area contributed by atoms with E-state index in [-0.39, 0.29) is 0 Å². The van der Waals surface area contributed by atoms with Crippen molar-refractivity contribution in [3.63, 3.8) is 0 Å². The topological polar surface area (TPSA) is 33.6 Å². The minimum Gasteiger partial charge on any atom is -0.377 e. The quantitative estimate of drug-likeness (QED) is 0.398. The fourth-order valence-electron chi connectivity index (χ4n) is 0.903. The van der Waals surface area contributed by atoms with Gasteiger partial charge in [-0.2, -0.15) is 0 Å². The number of hydrogen-bond donors (Lipinski definition) is 1. The molecule has 0 aliphatic carbocycles. The van der Waals surface area contributed by atoms with Crippen molar-refractivity contribution in [1.82, 2.24) is 5.32 Å². The summed E-state index contributed by atoms with van der Waals surface area (Å²) in [7, 11) is 1.64. The van der Waals surface area contributed by atoms with Crippen LogP contribution in [0.2, 0.25) is 0 Å². The summed E-state index contributed by atoms with van der Waals surface area (Å²) >= 11 is 0. The Hall–Kier alpha value is -1.35. The first-order valence-electron chi connectivity index (χ1n) is 4.52. The van der Waals surface area contributed by atoms with Gasteiger partial charge in [0.2, 0.25) is 0 Å². The van der Waals surface area contributed by atoms with Gasteiger partial charge >= 0.3 is 0 Å². The third-order valence-electron chi connectivity index (χ3n) is 1.44. The number of hydrogen-bond acceptors (Lipinski definition) is 2. The number of methoxy groups -OCH3 is 1. The first kappa shape index (κ1) is 12.7. The summed E-state index contributed by atoms with van der Waals surface area (Å²) in [6, 6.07) is 0. The maximum absolute atomic E-state index is 5.00. The van der Waals surface area contributed by atoms with Gasteiger partial charge in [-0.3, -0.25) is 4.99 Å². The highest BCUT2D eigenvalue weighted by atomic mass is 16.5. The second kappa shape index (κ2) is 8.26. The van der Waals surface area contributed by atoms with E-state index >= 15 is 0 Å². The second-order valence-corrected chi connectivity index (χ2v) is 2.54. The highest BCUT2D eigenvalue weighted by Gasteiger charge is 1.97. The molecule has 1 N–H and O–H groups in total. The number of aliphatic imine (C=N–C) groups is 1. The van der Waals surface area contributed by atoms with E-state index in [2.05, 4.69) is 23.5 Å². The molecule has 0 aromatic rings. The first-order valence-corrected chi connectivity index (χ1v) is 4.52. The number of nitrogens with one attached hydrogen (secondary N) is 1. The summed E-state index contributed by atoms with van der Waals surface area (Å²) in [5.74, 6) is 0.794. The average molecular weight is 194 g/mol. The van der Waals surface area contributed by atoms with Crippen LogP contribution in [0.4, 0.5) is 0 Å². The van der Waals surface area contributed by atoms with E-state index in [9.17, 15) is 0 Å². The Labute approximate surface area is 85.9 Å². The Morgan fingerprint density at radius 2 is 2.21 bits per heavy atom. The largest absolute Gasteiger partial charge is 0.377 e. The lowest BCUT2D eigenvalue weighted by atomic mass is 10.3. The Morgan fingerprint density at radius 3 is 2.64 bits per heavy atom. The maximum atomic E-state index is 5.00. The monoisotopic (exact) mass is 194 g/mol. The molecule has 0 saturated heterocycles. The fourth-order valence-corrected chi connectivity index (χ4v) is 0.903. The molecule has 78 valence electrons. The lowest BCUT2D eigenvalue weighted by molar-refractivity contribution is 0.243. The molecular formula is C11H18N2O. The van der Waals surface area contributed by atoms with Crippen molar-refractivity contribution in [1.29, 1.82) is 0 Å². The van der Waals surface area contributed by atoms with Gasteiger partial charge < -0.3 is 10.1 Å². The summed E-state index contributed by atoms with van der Waals surface area (Å²) in [6.07, 6.45) is 5.23. The van der Waals surface area contributed by atoms with Crippen LogP contribution >= 0.6 is 0 Å². The van der Waals surface area contributed by atoms with Crippen LogP contribution in [0, 0.1) is 0 Å². The van der Waals surface area contributed by atoms with E-state index < -0.39 is 0 Å². The molecule has 0 aromatic heterocycles. The van der Waals surface area contributed by atoms with Crippen LogP contribution in [-0.4, -0.2) is 26.1 Å². The van der Waals surface area contributed by atoms with Gasteiger partial charge in [0.05, 0.1) is 0 Å². The van der Waals surface area contributed by atoms with Crippen molar-refractivity contribution in [2.45, 2.75) is 6.92 Å². The highest BCUT2D eigenvalue weighted by molar-refractivity contribution is 5.85. The summed E-state index contributed by atoms with van der Waals surface area (Å²) in [5, 5.41) is 3.10. The lowest BCUT2D eigenvalue weighted by Gasteiger charge is -2.09. The third-order valence-corrected chi connectivity index (χ3v) is 1.44. The van der Waals surface area contributed by atoms with Gasteiger partial charge in [0.25, 0.3) is 0 Å². The molecule has 0 aliphatic rings. The molecular weight excluding hydrogens is 176 g/mol. The van der Waals surface area contributed by atoms with Crippen LogP contribution in [0.15, 0.2) is 42.1 Å². The van der Waals surface area contributed by atoms with Crippen molar-refractivity contribution >= 4 is 5.84 Å². The normalized spacial score (nSPS) is 12.4. The number of rotatable bonds is 6. The van der Waals surface area contributed by atoms with E-state index in [0.717, 1.165) is 18.1 Å². The Bertz CT molecular complexity index is 242. The molecule has 0 heterocycles. The number of amidine groups is 1. The molecule has 3 heteroatoms. The molecule has 0 fully saturated rings. The molecule has 0 saturated carbocycles. The van der Waals surface area contributed by atoms with Crippen molar-refractivity contribution in [3.8, 4) is 0 Å². The summed E-state index contributed by atoms with van der Waals surface area (Å²) in [4.78, 5) is 4.24. The van der Waals surface area contributed by atoms with Crippen molar-refractivity contribution in [2.75, 3.05) is 20.3 Å². The summed E-state index contributed by atoms with van der Waals surface area (Å²) in [5.41, 5.74) is 0.865. The maximum Gasteiger partial charge on any atom is 0.127 e. The van der Waals surface area contributed by atoms with E-state index in [0.29, 0.717) is 6.61 Å². The predicted octanol–water partition coefficient (Wildman–Crippen LogP) is 1.90. The third kappa shape index (κ3) is 5.32. The van der Waals surface area contributed by atoms with E-state index in [1.807, 2.05) is 13.0 Å². The van der Waals surface area contributed by atoms with Crippen LogP contribution in [0.25, 0.3) is 0 Å². The van der Waals surface area contributed by atoms with Crippen LogP contribution in [0.5, 0.6) is 0 Å². The summed E-state index contributed by atoms with van der Waals surface area (Å²) < 4.78 is 5.00. The molecule has 0 rings (SSSR count). The molecule has 0 atom stereocenters. The smallest absolute Gasteiger partial charge is 0.127 e. The zero-order valence-electron chi connectivity index (χ0n) is 8.92. The molecule has 0 unspecified atom stereocenters. The fraction of sp³-hybridized carbons (Fsp3) is 0.364. The van der Waals surface area contributed by atoms with Crippen molar-refractivity contribution < 1.29 is 4.74 Å². The summed E-state index contributed by atoms with van der Waals surface area (Å²) in [6.45, 7) is 10.5. The number of allylic oxidation sites excluding steroid dienone is 3. The lowest BCUT2D eigenvalue weighted by Crippen LogP contribution is -2.26. The highest BCUT2D eigenvalue weighted by Crippen LogP contribution is 1.92. The van der Waals surface area contributed by atoms with Gasteiger partial charge in [-0.25, -0.2) is 0 Å². The number of ether oxygens (including phenoxy) is 1. The Morgan fingerprint density at radius 1 is 1.50 bits per heavy atom. The molecule has 0 amide bonds. The zero-order chi connectivity index (χ0) is 10.8. The average Bonchev–Trinajstić information content (AvgIpc) is 2.18. The minimum atomic E-state index is 0.468. The Balaban J connectivity index is 4.40. The van der Waals surface area contributed by atoms with E-state index in [1.165, 1.54) is 0 Å². The Kier molecular flexibility index (Phi) is 7.46. The van der Waals surface area contributed by atoms with Crippen LogP contribution in [-0.2, 0) is 4.74 Å². The van der Waals surface area contributed by atoms with Crippen LogP contribution in [0.3, 0.4) is 0 Å². The standard InChI is InChI=1S/C11H18N2O/c1-5-8-10(6-2)13-11(9-14-4)12-7-3/h5-6,8H,1-2,7,9H2,3-4H3,(H,12,13)/b10-8+.